The van der Waals surface area contributed by atoms with Crippen molar-refractivity contribution in [3.05, 3.63) is 54.6 Å². The number of unbranched alkanes of at least 4 members (excludes halogenated alkanes) is 6. The van der Waals surface area contributed by atoms with Crippen molar-refractivity contribution >= 4 is 11.8 Å². The van der Waals surface area contributed by atoms with Gasteiger partial charge in [-0.05, 0) is 71.5 Å². The second-order valence-electron chi connectivity index (χ2n) is 11.1. The predicted octanol–water partition coefficient (Wildman–Crippen LogP) is 6.59. The maximum atomic E-state index is 12.6. The van der Waals surface area contributed by atoms with Gasteiger partial charge in [0.1, 0.15) is 6.10 Å². The molecule has 0 radical (unpaired) electrons. The van der Waals surface area contributed by atoms with E-state index in [4.69, 9.17) is 4.74 Å². The molecule has 0 saturated carbocycles. The molecule has 6 heteroatoms. The minimum atomic E-state index is -0.355. The second-order valence-corrected chi connectivity index (χ2v) is 11.1. The Kier molecular flexibility index (Phi) is 13.7. The number of likely N-dealkylation sites (N-methyl/N-ethyl adjacent to an activating group) is 2. The van der Waals surface area contributed by atoms with E-state index in [1.807, 2.05) is 42.5 Å². The highest BCUT2D eigenvalue weighted by Crippen LogP contribution is 2.28. The van der Waals surface area contributed by atoms with E-state index in [9.17, 15) is 4.79 Å². The van der Waals surface area contributed by atoms with Gasteiger partial charge in [-0.2, -0.15) is 0 Å². The maximum Gasteiger partial charge on any atom is 0.411 e. The van der Waals surface area contributed by atoms with E-state index < -0.39 is 0 Å². The zero-order valence-electron chi connectivity index (χ0n) is 24.0. The number of hydrogen-bond donors (Lipinski definition) is 1. The van der Waals surface area contributed by atoms with Crippen LogP contribution in [0.3, 0.4) is 0 Å². The number of para-hydroxylation sites is 1. The van der Waals surface area contributed by atoms with Crippen LogP contribution in [0.25, 0.3) is 11.1 Å². The Labute approximate surface area is 231 Å². The van der Waals surface area contributed by atoms with Crippen LogP contribution in [-0.2, 0) is 4.74 Å². The third-order valence-corrected chi connectivity index (χ3v) is 7.50. The van der Waals surface area contributed by atoms with E-state index in [1.165, 1.54) is 58.0 Å². The lowest BCUT2D eigenvalue weighted by atomic mass is 10.0. The minimum Gasteiger partial charge on any atom is -0.446 e. The van der Waals surface area contributed by atoms with Gasteiger partial charge in [0.15, 0.2) is 0 Å². The van der Waals surface area contributed by atoms with Crippen molar-refractivity contribution in [1.29, 1.82) is 0 Å². The van der Waals surface area contributed by atoms with Crippen LogP contribution in [0.2, 0.25) is 0 Å². The molecule has 2 aromatic rings. The van der Waals surface area contributed by atoms with E-state index in [0.29, 0.717) is 0 Å². The highest BCUT2D eigenvalue weighted by atomic mass is 16.6. The molecule has 2 aromatic carbocycles. The summed E-state index contributed by atoms with van der Waals surface area (Å²) in [5.41, 5.74) is 2.87. The molecule has 0 atom stereocenters. The normalized spacial score (nSPS) is 14.8. The summed E-state index contributed by atoms with van der Waals surface area (Å²) in [6.45, 7) is 6.71. The van der Waals surface area contributed by atoms with Crippen LogP contribution in [0.5, 0.6) is 0 Å². The Balaban J connectivity index is 1.21. The first-order valence-electron chi connectivity index (χ1n) is 14.7. The molecule has 0 bridgehead atoms. The summed E-state index contributed by atoms with van der Waals surface area (Å²) < 4.78 is 5.78. The van der Waals surface area contributed by atoms with Gasteiger partial charge >= 0.3 is 6.09 Å². The van der Waals surface area contributed by atoms with Crippen molar-refractivity contribution in [3.8, 4) is 11.1 Å². The first kappa shape index (κ1) is 30.1. The first-order chi connectivity index (χ1) is 18.5. The van der Waals surface area contributed by atoms with E-state index in [0.717, 1.165) is 55.8 Å². The number of hydrogen-bond acceptors (Lipinski definition) is 5. The number of rotatable bonds is 16. The number of benzene rings is 2. The van der Waals surface area contributed by atoms with Gasteiger partial charge in [-0.1, -0.05) is 80.6 Å². The lowest BCUT2D eigenvalue weighted by Gasteiger charge is -2.31. The number of ether oxygens (including phenoxy) is 1. The summed E-state index contributed by atoms with van der Waals surface area (Å²) in [7, 11) is 6.51. The molecule has 3 rings (SSSR count). The lowest BCUT2D eigenvalue weighted by Crippen LogP contribution is -2.38. The number of amides is 1. The zero-order valence-corrected chi connectivity index (χ0v) is 24.0. The summed E-state index contributed by atoms with van der Waals surface area (Å²) in [6.07, 6.45) is 10.8. The number of likely N-dealkylation sites (tertiary alicyclic amines) is 1. The van der Waals surface area contributed by atoms with Crippen molar-refractivity contribution in [2.24, 2.45) is 0 Å². The second kappa shape index (κ2) is 17.2. The van der Waals surface area contributed by atoms with Crippen LogP contribution in [0, 0.1) is 0 Å². The zero-order chi connectivity index (χ0) is 27.0. The molecule has 0 aliphatic carbocycles. The molecule has 1 aliphatic heterocycles. The maximum absolute atomic E-state index is 12.6. The van der Waals surface area contributed by atoms with Crippen molar-refractivity contribution in [3.63, 3.8) is 0 Å². The molecule has 210 valence electrons. The van der Waals surface area contributed by atoms with Crippen molar-refractivity contribution in [2.45, 2.75) is 63.9 Å². The fourth-order valence-electron chi connectivity index (χ4n) is 5.09. The lowest BCUT2D eigenvalue weighted by molar-refractivity contribution is 0.0585. The van der Waals surface area contributed by atoms with Crippen LogP contribution in [0.4, 0.5) is 10.5 Å². The summed E-state index contributed by atoms with van der Waals surface area (Å²) in [5, 5.41) is 2.97. The number of carbonyl (C=O) groups is 1. The summed E-state index contributed by atoms with van der Waals surface area (Å²) in [6, 6.07) is 18.0. The summed E-state index contributed by atoms with van der Waals surface area (Å²) in [4.78, 5) is 19.9. The van der Waals surface area contributed by atoms with Crippen LogP contribution in [0.15, 0.2) is 54.6 Å². The third-order valence-electron chi connectivity index (χ3n) is 7.50. The van der Waals surface area contributed by atoms with Gasteiger partial charge in [0.2, 0.25) is 0 Å². The third kappa shape index (κ3) is 11.5. The number of piperidine rings is 1. The number of carbonyl (C=O) groups excluding carboxylic acids is 1. The Morgan fingerprint density at radius 2 is 1.45 bits per heavy atom. The number of nitrogens with zero attached hydrogens (tertiary/aromatic N) is 3. The molecule has 1 saturated heterocycles. The topological polar surface area (TPSA) is 48.1 Å². The smallest absolute Gasteiger partial charge is 0.411 e. The number of nitrogens with one attached hydrogen (secondary N) is 1. The van der Waals surface area contributed by atoms with Crippen LogP contribution < -0.4 is 5.32 Å². The highest BCUT2D eigenvalue weighted by Gasteiger charge is 2.22. The average molecular weight is 523 g/mol. The van der Waals surface area contributed by atoms with E-state index in [1.54, 1.807) is 0 Å². The molecule has 1 fully saturated rings. The Morgan fingerprint density at radius 3 is 2.16 bits per heavy atom. The molecule has 0 spiro atoms. The predicted molar refractivity (Wildman–Crippen MR) is 160 cm³/mol. The first-order valence-corrected chi connectivity index (χ1v) is 14.7. The number of anilines is 1. The summed E-state index contributed by atoms with van der Waals surface area (Å²) >= 11 is 0. The fraction of sp³-hybridized carbons (Fsp3) is 0.594. The molecule has 1 heterocycles. The molecule has 0 unspecified atom stereocenters. The Bertz CT molecular complexity index is 913. The molecule has 38 heavy (non-hydrogen) atoms. The standard InChI is InChI=1S/C32H50N4O2/c1-34(2)26-27-35(3)22-14-7-5-4-6-8-15-23-36-24-20-29(21-25-36)38-32(37)33-31-19-13-12-18-30(31)28-16-10-9-11-17-28/h9-13,16-19,29H,4-8,14-15,20-27H2,1-3H3,(H,33,37). The summed E-state index contributed by atoms with van der Waals surface area (Å²) in [5.74, 6) is 0. The van der Waals surface area contributed by atoms with Gasteiger partial charge < -0.3 is 19.4 Å². The van der Waals surface area contributed by atoms with Crippen LogP contribution in [0.1, 0.15) is 57.8 Å². The molecular formula is C32H50N4O2. The van der Waals surface area contributed by atoms with Gasteiger partial charge in [0.05, 0.1) is 5.69 Å². The van der Waals surface area contributed by atoms with E-state index in [-0.39, 0.29) is 12.2 Å². The average Bonchev–Trinajstić information content (AvgIpc) is 2.92. The Morgan fingerprint density at radius 1 is 0.816 bits per heavy atom. The highest BCUT2D eigenvalue weighted by molar-refractivity contribution is 5.91. The van der Waals surface area contributed by atoms with Gasteiger partial charge in [-0.25, -0.2) is 4.79 Å². The van der Waals surface area contributed by atoms with Crippen molar-refractivity contribution in [1.82, 2.24) is 14.7 Å². The van der Waals surface area contributed by atoms with Crippen molar-refractivity contribution in [2.75, 3.05) is 65.7 Å². The quantitative estimate of drug-likeness (QED) is 0.252. The van der Waals surface area contributed by atoms with Crippen molar-refractivity contribution < 1.29 is 9.53 Å². The van der Waals surface area contributed by atoms with Gasteiger partial charge in [0.25, 0.3) is 0 Å². The molecule has 0 aromatic heterocycles. The Hall–Kier alpha value is -2.41. The SMILES string of the molecule is CN(C)CCN(C)CCCCCCCCCN1CCC(OC(=O)Nc2ccccc2-c2ccccc2)CC1. The fourth-order valence-corrected chi connectivity index (χ4v) is 5.09. The largest absolute Gasteiger partial charge is 0.446 e. The van der Waals surface area contributed by atoms with Gasteiger partial charge in [-0.15, -0.1) is 0 Å². The van der Waals surface area contributed by atoms with E-state index in [2.05, 4.69) is 53.3 Å². The monoisotopic (exact) mass is 522 g/mol. The molecule has 6 nitrogen and oxygen atoms in total. The molecule has 1 amide bonds. The molecule has 1 N–H and O–H groups in total. The van der Waals surface area contributed by atoms with Crippen LogP contribution >= 0.6 is 0 Å². The van der Waals surface area contributed by atoms with Crippen LogP contribution in [-0.4, -0.2) is 87.3 Å². The molecular weight excluding hydrogens is 472 g/mol. The van der Waals surface area contributed by atoms with Gasteiger partial charge in [0, 0.05) is 31.7 Å². The van der Waals surface area contributed by atoms with Gasteiger partial charge in [-0.3, -0.25) is 5.32 Å². The molecule has 1 aliphatic rings. The minimum absolute atomic E-state index is 0.00272. The van der Waals surface area contributed by atoms with E-state index >= 15 is 0 Å².